The molecule has 0 saturated carbocycles. The second kappa shape index (κ2) is 16.9. The summed E-state index contributed by atoms with van der Waals surface area (Å²) in [5.74, 6) is 1.87. The molecular formula is C66H44N4OS. The predicted molar refractivity (Wildman–Crippen MR) is 300 cm³/mol. The second-order valence-corrected chi connectivity index (χ2v) is 19.9. The number of benzene rings is 10. The molecule has 72 heavy (non-hydrogen) atoms. The summed E-state index contributed by atoms with van der Waals surface area (Å²) in [6.45, 7) is 4.53. The Morgan fingerprint density at radius 3 is 1.89 bits per heavy atom. The summed E-state index contributed by atoms with van der Waals surface area (Å²) >= 11 is 1.79. The van der Waals surface area contributed by atoms with Crippen molar-refractivity contribution < 1.29 is 4.42 Å². The average Bonchev–Trinajstić information content (AvgIpc) is 4.12. The molecule has 14 aromatic rings. The zero-order valence-electron chi connectivity index (χ0n) is 39.5. The molecule has 0 fully saturated rings. The number of fused-ring (bicyclic) bond motifs is 9. The Bertz CT molecular complexity index is 4390. The van der Waals surface area contributed by atoms with Crippen LogP contribution >= 0.6 is 11.3 Å². The van der Waals surface area contributed by atoms with Crippen molar-refractivity contribution >= 4 is 75.3 Å². The number of aryl methyl sites for hydroxylation is 1. The van der Waals surface area contributed by atoms with Crippen LogP contribution < -0.4 is 0 Å². The molecule has 0 radical (unpaired) electrons. The van der Waals surface area contributed by atoms with E-state index in [4.69, 9.17) is 19.4 Å². The maximum atomic E-state index is 6.69. The number of para-hydroxylation sites is 2. The third kappa shape index (κ3) is 6.94. The number of rotatable bonds is 8. The van der Waals surface area contributed by atoms with Gasteiger partial charge in [-0.1, -0.05) is 183 Å². The number of hydrogen-bond acceptors (Lipinski definition) is 5. The smallest absolute Gasteiger partial charge is 0.238 e. The van der Waals surface area contributed by atoms with Gasteiger partial charge in [-0.05, 0) is 106 Å². The van der Waals surface area contributed by atoms with Crippen molar-refractivity contribution in [1.29, 1.82) is 0 Å². The molecule has 0 aliphatic heterocycles. The number of aromatic nitrogens is 4. The number of furan rings is 1. The molecule has 1 atom stereocenters. The minimum Gasteiger partial charge on any atom is -0.456 e. The van der Waals surface area contributed by atoms with Gasteiger partial charge < -0.3 is 4.42 Å². The fourth-order valence-electron chi connectivity index (χ4n) is 10.9. The second-order valence-electron chi connectivity index (χ2n) is 18.8. The maximum absolute atomic E-state index is 6.69. The summed E-state index contributed by atoms with van der Waals surface area (Å²) in [5.41, 5.74) is 16.4. The highest BCUT2D eigenvalue weighted by Gasteiger charge is 2.23. The first-order valence-electron chi connectivity index (χ1n) is 24.5. The number of hydrogen-bond donors (Lipinski definition) is 0. The topological polar surface area (TPSA) is 56.7 Å². The van der Waals surface area contributed by atoms with Gasteiger partial charge >= 0.3 is 0 Å². The molecule has 6 heteroatoms. The van der Waals surface area contributed by atoms with Crippen LogP contribution in [0, 0.1) is 6.92 Å². The van der Waals surface area contributed by atoms with Crippen LogP contribution in [0.3, 0.4) is 0 Å². The molecule has 340 valence electrons. The highest BCUT2D eigenvalue weighted by Crippen LogP contribution is 2.43. The summed E-state index contributed by atoms with van der Waals surface area (Å²) in [6, 6.07) is 80.3. The van der Waals surface area contributed by atoms with E-state index in [1.165, 1.54) is 59.1 Å². The van der Waals surface area contributed by atoms with Gasteiger partial charge in [-0.15, -0.1) is 11.3 Å². The Hall–Kier alpha value is -8.97. The van der Waals surface area contributed by atoms with Gasteiger partial charge in [-0.25, -0.2) is 4.98 Å². The van der Waals surface area contributed by atoms with Gasteiger partial charge in [0, 0.05) is 58.8 Å². The van der Waals surface area contributed by atoms with Gasteiger partial charge in [0.25, 0.3) is 0 Å². The highest BCUT2D eigenvalue weighted by atomic mass is 32.1. The molecular weight excluding hydrogens is 897 g/mol. The van der Waals surface area contributed by atoms with Crippen LogP contribution in [-0.2, 0) is 0 Å². The van der Waals surface area contributed by atoms with Crippen LogP contribution in [0.25, 0.3) is 126 Å². The Morgan fingerprint density at radius 2 is 1.06 bits per heavy atom. The lowest BCUT2D eigenvalue weighted by Gasteiger charge is -2.20. The third-order valence-electron chi connectivity index (χ3n) is 14.6. The molecule has 0 amide bonds. The SMILES string of the molecule is Cc1ccccc1-c1cc(-c2ccc3oc4cccc(-c5nc(-c6ccc7c(c6)sc6ccccc67)nc(-n6c7ccccc7c7ccccc76)n5)c4c3c2)ccc1C(C)c1cccc(-c2ccccc2)c1. The standard InChI is InChI=1S/C66H44N4OS/c1-40-16-6-7-21-48(40)55-37-45(30-33-49(55)41(2)43-19-14-20-44(36-43)42-17-4-3-5-18-42)46-32-35-59-56(38-46)63-54(25-15-28-60(63)71-59)65-67-64(47-31-34-53-52-24-10-13-29-61(52)72-62(53)39-47)68-66(69-65)70-57-26-11-8-22-50(57)51-23-9-12-27-58(51)70/h3-39,41H,1-2H3. The quantitative estimate of drug-likeness (QED) is 0.152. The first-order chi connectivity index (χ1) is 35.5. The van der Waals surface area contributed by atoms with Crippen LogP contribution in [0.2, 0.25) is 0 Å². The predicted octanol–water partition coefficient (Wildman–Crippen LogP) is 18.0. The van der Waals surface area contributed by atoms with E-state index < -0.39 is 0 Å². The van der Waals surface area contributed by atoms with Crippen LogP contribution in [0.15, 0.2) is 229 Å². The number of nitrogens with zero attached hydrogens (tertiary/aromatic N) is 4. The van der Waals surface area contributed by atoms with Crippen molar-refractivity contribution in [2.45, 2.75) is 19.8 Å². The van der Waals surface area contributed by atoms with Gasteiger partial charge in [-0.2, -0.15) is 9.97 Å². The molecule has 0 spiro atoms. The molecule has 4 aromatic heterocycles. The maximum Gasteiger partial charge on any atom is 0.238 e. The molecule has 1 unspecified atom stereocenters. The normalized spacial score (nSPS) is 12.2. The Balaban J connectivity index is 0.940. The average molecular weight is 941 g/mol. The minimum absolute atomic E-state index is 0.143. The lowest BCUT2D eigenvalue weighted by Crippen LogP contribution is -2.06. The van der Waals surface area contributed by atoms with Gasteiger partial charge in [0.1, 0.15) is 11.2 Å². The Morgan fingerprint density at radius 1 is 0.417 bits per heavy atom. The minimum atomic E-state index is 0.143. The first kappa shape index (κ1) is 42.0. The van der Waals surface area contributed by atoms with E-state index in [0.29, 0.717) is 17.6 Å². The van der Waals surface area contributed by atoms with Crippen LogP contribution in [0.5, 0.6) is 0 Å². The summed E-state index contributed by atoms with van der Waals surface area (Å²) in [6.07, 6.45) is 0. The van der Waals surface area contributed by atoms with Crippen LogP contribution in [0.4, 0.5) is 0 Å². The van der Waals surface area contributed by atoms with Crippen molar-refractivity contribution in [3.05, 3.63) is 241 Å². The van der Waals surface area contributed by atoms with E-state index in [0.717, 1.165) is 66.0 Å². The third-order valence-corrected chi connectivity index (χ3v) is 15.7. The van der Waals surface area contributed by atoms with E-state index in [1.54, 1.807) is 11.3 Å². The molecule has 0 N–H and O–H groups in total. The fraction of sp³-hybridized carbons (Fsp3) is 0.0455. The molecule has 0 aliphatic carbocycles. The van der Waals surface area contributed by atoms with Crippen molar-refractivity contribution in [3.8, 4) is 62.1 Å². The zero-order chi connectivity index (χ0) is 47.9. The monoisotopic (exact) mass is 940 g/mol. The Labute approximate surface area is 420 Å². The van der Waals surface area contributed by atoms with Crippen molar-refractivity contribution in [3.63, 3.8) is 0 Å². The fourth-order valence-corrected chi connectivity index (χ4v) is 12.1. The summed E-state index contributed by atoms with van der Waals surface area (Å²) in [7, 11) is 0. The molecule has 0 saturated heterocycles. The molecule has 4 heterocycles. The van der Waals surface area contributed by atoms with Crippen molar-refractivity contribution in [2.24, 2.45) is 0 Å². The van der Waals surface area contributed by atoms with E-state index >= 15 is 0 Å². The molecule has 14 rings (SSSR count). The van der Waals surface area contributed by atoms with E-state index in [1.807, 2.05) is 12.1 Å². The van der Waals surface area contributed by atoms with Gasteiger partial charge in [0.2, 0.25) is 5.95 Å². The summed E-state index contributed by atoms with van der Waals surface area (Å²) in [4.78, 5) is 16.1. The molecule has 5 nitrogen and oxygen atoms in total. The molecule has 0 bridgehead atoms. The summed E-state index contributed by atoms with van der Waals surface area (Å²) < 4.78 is 11.3. The van der Waals surface area contributed by atoms with Crippen LogP contribution in [0.1, 0.15) is 29.5 Å². The Kier molecular flexibility index (Phi) is 9.83. The van der Waals surface area contributed by atoms with Gasteiger partial charge in [0.05, 0.1) is 11.0 Å². The van der Waals surface area contributed by atoms with Crippen molar-refractivity contribution in [2.75, 3.05) is 0 Å². The zero-order valence-corrected chi connectivity index (χ0v) is 40.4. The lowest BCUT2D eigenvalue weighted by molar-refractivity contribution is 0.669. The highest BCUT2D eigenvalue weighted by molar-refractivity contribution is 7.25. The largest absolute Gasteiger partial charge is 0.456 e. The lowest BCUT2D eigenvalue weighted by atomic mass is 9.83. The number of thiophene rings is 1. The molecule has 10 aromatic carbocycles. The van der Waals surface area contributed by atoms with E-state index in [2.05, 4.69) is 231 Å². The van der Waals surface area contributed by atoms with Gasteiger partial charge in [-0.3, -0.25) is 4.57 Å². The first-order valence-corrected chi connectivity index (χ1v) is 25.3. The van der Waals surface area contributed by atoms with E-state index in [-0.39, 0.29) is 5.92 Å². The van der Waals surface area contributed by atoms with Crippen molar-refractivity contribution in [1.82, 2.24) is 19.5 Å². The van der Waals surface area contributed by atoms with E-state index in [9.17, 15) is 0 Å². The molecule has 0 aliphatic rings. The summed E-state index contributed by atoms with van der Waals surface area (Å²) in [5, 5.41) is 6.73. The van der Waals surface area contributed by atoms with Gasteiger partial charge in [0.15, 0.2) is 11.6 Å². The van der Waals surface area contributed by atoms with Crippen LogP contribution in [-0.4, -0.2) is 19.5 Å².